The molecule has 1 amide bonds. The highest BCUT2D eigenvalue weighted by atomic mass is 16.6. The van der Waals surface area contributed by atoms with Gasteiger partial charge in [-0.2, -0.15) is 0 Å². The van der Waals surface area contributed by atoms with Gasteiger partial charge >= 0.3 is 6.09 Å². The van der Waals surface area contributed by atoms with Crippen molar-refractivity contribution in [3.63, 3.8) is 0 Å². The fourth-order valence-electron chi connectivity index (χ4n) is 3.62. The fourth-order valence-corrected chi connectivity index (χ4v) is 3.62. The van der Waals surface area contributed by atoms with E-state index in [9.17, 15) is 9.90 Å². The van der Waals surface area contributed by atoms with E-state index in [0.717, 1.165) is 43.4 Å². The molecule has 1 aliphatic rings. The molecule has 26 heavy (non-hydrogen) atoms. The molecular weight excluding hydrogens is 330 g/mol. The summed E-state index contributed by atoms with van der Waals surface area (Å²) in [5.74, 6) is 0.620. The van der Waals surface area contributed by atoms with Gasteiger partial charge in [-0.3, -0.25) is 0 Å². The predicted octanol–water partition coefficient (Wildman–Crippen LogP) is 4.34. The molecule has 1 fully saturated rings. The molecule has 0 bridgehead atoms. The number of carbonyl (C=O) groups excluding carboxylic acids is 1. The maximum Gasteiger partial charge on any atom is 0.410 e. The molecule has 1 aliphatic carbocycles. The van der Waals surface area contributed by atoms with E-state index in [1.807, 2.05) is 45.0 Å². The van der Waals surface area contributed by atoms with Gasteiger partial charge in [0.05, 0.1) is 12.7 Å². The average Bonchev–Trinajstić information content (AvgIpc) is 2.58. The number of benzene rings is 1. The van der Waals surface area contributed by atoms with Crippen molar-refractivity contribution in [2.24, 2.45) is 0 Å². The van der Waals surface area contributed by atoms with Gasteiger partial charge in [-0.1, -0.05) is 31.4 Å². The highest BCUT2D eigenvalue weighted by Crippen LogP contribution is 2.40. The molecule has 5 nitrogen and oxygen atoms in total. The van der Waals surface area contributed by atoms with Gasteiger partial charge in [0.15, 0.2) is 0 Å². The largest absolute Gasteiger partial charge is 0.497 e. The van der Waals surface area contributed by atoms with E-state index in [-0.39, 0.29) is 12.0 Å². The van der Waals surface area contributed by atoms with Gasteiger partial charge in [0.1, 0.15) is 11.4 Å². The van der Waals surface area contributed by atoms with Gasteiger partial charge in [-0.05, 0) is 51.3 Å². The molecule has 146 valence electrons. The normalized spacial score (nSPS) is 18.1. The smallest absolute Gasteiger partial charge is 0.410 e. The van der Waals surface area contributed by atoms with Crippen LogP contribution in [0.15, 0.2) is 24.3 Å². The molecule has 1 aromatic rings. The number of nitrogens with zero attached hydrogens (tertiary/aromatic N) is 1. The van der Waals surface area contributed by atoms with Crippen molar-refractivity contribution in [2.75, 3.05) is 20.7 Å². The molecule has 0 aromatic heterocycles. The minimum atomic E-state index is -0.802. The summed E-state index contributed by atoms with van der Waals surface area (Å²) in [5, 5.41) is 11.4. The zero-order valence-corrected chi connectivity index (χ0v) is 16.7. The summed E-state index contributed by atoms with van der Waals surface area (Å²) in [6, 6.07) is 7.78. The lowest BCUT2D eigenvalue weighted by atomic mass is 9.72. The third-order valence-electron chi connectivity index (χ3n) is 5.05. The van der Waals surface area contributed by atoms with Crippen LogP contribution in [0.5, 0.6) is 5.75 Å². The van der Waals surface area contributed by atoms with Crippen molar-refractivity contribution < 1.29 is 19.4 Å². The summed E-state index contributed by atoms with van der Waals surface area (Å²) < 4.78 is 10.7. The first-order valence-electron chi connectivity index (χ1n) is 9.45. The van der Waals surface area contributed by atoms with Gasteiger partial charge in [-0.15, -0.1) is 0 Å². The minimum Gasteiger partial charge on any atom is -0.497 e. The van der Waals surface area contributed by atoms with Crippen LogP contribution in [0.2, 0.25) is 0 Å². The molecule has 1 aromatic carbocycles. The topological polar surface area (TPSA) is 59.0 Å². The van der Waals surface area contributed by atoms with Crippen LogP contribution in [0, 0.1) is 0 Å². The van der Waals surface area contributed by atoms with Gasteiger partial charge in [-0.25, -0.2) is 4.79 Å². The summed E-state index contributed by atoms with van der Waals surface area (Å²) in [6.45, 7) is 5.98. The van der Waals surface area contributed by atoms with Crippen LogP contribution in [-0.2, 0) is 4.74 Å². The SMILES string of the molecule is COc1ccc(C(CN(C)C(=O)OC(C)(C)C)C2(O)CCCCC2)cc1. The Morgan fingerprint density at radius 1 is 1.19 bits per heavy atom. The molecule has 0 saturated heterocycles. The molecule has 0 heterocycles. The van der Waals surface area contributed by atoms with Crippen molar-refractivity contribution in [2.45, 2.75) is 70.0 Å². The molecular formula is C21H33NO4. The summed E-state index contributed by atoms with van der Waals surface area (Å²) in [7, 11) is 3.37. The highest BCUT2D eigenvalue weighted by Gasteiger charge is 2.40. The number of methoxy groups -OCH3 is 1. The Hall–Kier alpha value is -1.75. The van der Waals surface area contributed by atoms with Gasteiger partial charge in [0, 0.05) is 19.5 Å². The van der Waals surface area contributed by atoms with Crippen LogP contribution < -0.4 is 4.74 Å². The third kappa shape index (κ3) is 5.37. The van der Waals surface area contributed by atoms with Crippen molar-refractivity contribution in [3.05, 3.63) is 29.8 Å². The molecule has 1 atom stereocenters. The summed E-state index contributed by atoms with van der Waals surface area (Å²) in [5.41, 5.74) is -0.322. The number of carbonyl (C=O) groups is 1. The molecule has 2 rings (SSSR count). The van der Waals surface area contributed by atoms with E-state index in [2.05, 4.69) is 0 Å². The van der Waals surface area contributed by atoms with Crippen molar-refractivity contribution in [3.8, 4) is 5.75 Å². The first-order valence-corrected chi connectivity index (χ1v) is 9.45. The quantitative estimate of drug-likeness (QED) is 0.845. The summed E-state index contributed by atoms with van der Waals surface area (Å²) in [4.78, 5) is 14.0. The van der Waals surface area contributed by atoms with Crippen molar-refractivity contribution in [1.29, 1.82) is 0 Å². The Morgan fingerprint density at radius 3 is 2.27 bits per heavy atom. The Morgan fingerprint density at radius 2 is 1.77 bits per heavy atom. The molecule has 1 saturated carbocycles. The van der Waals surface area contributed by atoms with E-state index in [0.29, 0.717) is 6.54 Å². The second-order valence-electron chi connectivity index (χ2n) is 8.35. The average molecular weight is 363 g/mol. The highest BCUT2D eigenvalue weighted by molar-refractivity contribution is 5.67. The third-order valence-corrected chi connectivity index (χ3v) is 5.05. The standard InChI is InChI=1S/C21H33NO4/c1-20(2,3)26-19(23)22(4)15-18(21(24)13-7-6-8-14-21)16-9-11-17(25-5)12-10-16/h9-12,18,24H,6-8,13-15H2,1-5H3. The Labute approximate surface area is 157 Å². The molecule has 1 unspecified atom stereocenters. The monoisotopic (exact) mass is 363 g/mol. The van der Waals surface area contributed by atoms with E-state index >= 15 is 0 Å². The number of rotatable bonds is 5. The lowest BCUT2D eigenvalue weighted by molar-refractivity contribution is -0.0320. The van der Waals surface area contributed by atoms with Crippen LogP contribution in [0.1, 0.15) is 64.4 Å². The second kappa shape index (κ2) is 8.30. The van der Waals surface area contributed by atoms with E-state index < -0.39 is 11.2 Å². The molecule has 0 spiro atoms. The van der Waals surface area contributed by atoms with E-state index in [1.54, 1.807) is 19.1 Å². The number of hydrogen-bond acceptors (Lipinski definition) is 4. The first kappa shape index (κ1) is 20.6. The molecule has 5 heteroatoms. The van der Waals surface area contributed by atoms with E-state index in [1.165, 1.54) is 0 Å². The number of hydrogen-bond donors (Lipinski definition) is 1. The lowest BCUT2D eigenvalue weighted by Gasteiger charge is -2.41. The maximum atomic E-state index is 12.4. The fraction of sp³-hybridized carbons (Fsp3) is 0.667. The van der Waals surface area contributed by atoms with Crippen LogP contribution in [0.4, 0.5) is 4.79 Å². The number of ether oxygens (including phenoxy) is 2. The summed E-state index contributed by atoms with van der Waals surface area (Å²) in [6.07, 6.45) is 4.32. The number of aliphatic hydroxyl groups is 1. The zero-order valence-electron chi connectivity index (χ0n) is 16.7. The van der Waals surface area contributed by atoms with Crippen LogP contribution in [0.3, 0.4) is 0 Å². The van der Waals surface area contributed by atoms with Crippen LogP contribution in [0.25, 0.3) is 0 Å². The van der Waals surface area contributed by atoms with E-state index in [4.69, 9.17) is 9.47 Å². The van der Waals surface area contributed by atoms with Crippen LogP contribution in [-0.4, -0.2) is 48.0 Å². The lowest BCUT2D eigenvalue weighted by Crippen LogP contribution is -2.45. The minimum absolute atomic E-state index is 0.161. The Balaban J connectivity index is 2.23. The predicted molar refractivity (Wildman–Crippen MR) is 103 cm³/mol. The van der Waals surface area contributed by atoms with Gasteiger partial charge < -0.3 is 19.5 Å². The second-order valence-corrected chi connectivity index (χ2v) is 8.35. The molecule has 1 N–H and O–H groups in total. The van der Waals surface area contributed by atoms with Gasteiger partial charge in [0.2, 0.25) is 0 Å². The molecule has 0 aliphatic heterocycles. The van der Waals surface area contributed by atoms with Gasteiger partial charge in [0.25, 0.3) is 0 Å². The summed E-state index contributed by atoms with van der Waals surface area (Å²) >= 11 is 0. The zero-order chi connectivity index (χ0) is 19.4. The molecule has 0 radical (unpaired) electrons. The Bertz CT molecular complexity index is 585. The first-order chi connectivity index (χ1) is 12.1. The van der Waals surface area contributed by atoms with Crippen LogP contribution >= 0.6 is 0 Å². The number of likely N-dealkylation sites (N-methyl/N-ethyl adjacent to an activating group) is 1. The van der Waals surface area contributed by atoms with Crippen molar-refractivity contribution >= 4 is 6.09 Å². The number of amides is 1. The maximum absolute atomic E-state index is 12.4. The van der Waals surface area contributed by atoms with Crippen molar-refractivity contribution in [1.82, 2.24) is 4.90 Å². The Kier molecular flexibility index (Phi) is 6.56.